The quantitative estimate of drug-likeness (QED) is 0.845. The molecule has 0 radical (unpaired) electrons. The van der Waals surface area contributed by atoms with Gasteiger partial charge in [0.05, 0.1) is 7.11 Å². The third-order valence-electron chi connectivity index (χ3n) is 6.13. The van der Waals surface area contributed by atoms with E-state index in [1.807, 2.05) is 11.0 Å². The molecule has 1 N–H and O–H groups in total. The average Bonchev–Trinajstić information content (AvgIpc) is 2.53. The minimum atomic E-state index is -0.316. The van der Waals surface area contributed by atoms with E-state index in [0.717, 1.165) is 36.8 Å². The number of carbonyl (C=O) groups is 2. The average molecular weight is 315 g/mol. The lowest BCUT2D eigenvalue weighted by atomic mass is 9.52. The second-order valence-corrected chi connectivity index (χ2v) is 7.06. The van der Waals surface area contributed by atoms with Crippen LogP contribution in [0.15, 0.2) is 12.1 Å². The number of hydrogen-bond donors (Lipinski definition) is 1. The van der Waals surface area contributed by atoms with Crippen LogP contribution in [-0.2, 0) is 21.4 Å². The van der Waals surface area contributed by atoms with Crippen molar-refractivity contribution in [3.8, 4) is 11.5 Å². The number of methoxy groups -OCH3 is 1. The molecule has 1 heterocycles. The fourth-order valence-corrected chi connectivity index (χ4v) is 5.25. The molecule has 1 amide bonds. The summed E-state index contributed by atoms with van der Waals surface area (Å²) in [7, 11) is 1.58. The number of Topliss-reactive ketones (excluding diaryl/α,β-unsaturated/α-hetero) is 1. The Kier molecular flexibility index (Phi) is 3.15. The molecule has 3 aliphatic rings. The summed E-state index contributed by atoms with van der Waals surface area (Å²) in [6, 6.07) is 3.72. The van der Waals surface area contributed by atoms with E-state index in [0.29, 0.717) is 25.1 Å². The molecular formula is C18H21NO4. The van der Waals surface area contributed by atoms with Crippen molar-refractivity contribution in [3.05, 3.63) is 23.3 Å². The van der Waals surface area contributed by atoms with Gasteiger partial charge in [-0.2, -0.15) is 0 Å². The number of ether oxygens (including phenoxy) is 1. The van der Waals surface area contributed by atoms with Crippen molar-refractivity contribution in [1.82, 2.24) is 4.90 Å². The number of amides is 1. The highest BCUT2D eigenvalue weighted by molar-refractivity contribution is 5.82. The van der Waals surface area contributed by atoms with Gasteiger partial charge in [0.15, 0.2) is 0 Å². The predicted molar refractivity (Wildman–Crippen MR) is 83.6 cm³/mol. The maximum absolute atomic E-state index is 12.2. The van der Waals surface area contributed by atoms with Gasteiger partial charge in [-0.15, -0.1) is 0 Å². The standard InChI is InChI=1S/C18H21NO4/c1-23-13-6-11-7-15-14-3-2-12(21)9-18(14,4-5-19(15)10-20)17(11)16(22)8-13/h6,8,10,14-15,22H,2-5,7,9H2,1H3. The number of phenolic OH excluding ortho intramolecular Hbond substituents is 1. The summed E-state index contributed by atoms with van der Waals surface area (Å²) in [5.74, 6) is 1.37. The lowest BCUT2D eigenvalue weighted by molar-refractivity contribution is -0.132. The smallest absolute Gasteiger partial charge is 0.209 e. The minimum Gasteiger partial charge on any atom is -0.507 e. The van der Waals surface area contributed by atoms with Crippen LogP contribution in [0.5, 0.6) is 11.5 Å². The Morgan fingerprint density at radius 2 is 2.26 bits per heavy atom. The molecule has 2 fully saturated rings. The van der Waals surface area contributed by atoms with E-state index < -0.39 is 0 Å². The van der Waals surface area contributed by atoms with Gasteiger partial charge in [-0.3, -0.25) is 9.59 Å². The van der Waals surface area contributed by atoms with Crippen LogP contribution < -0.4 is 4.74 Å². The summed E-state index contributed by atoms with van der Waals surface area (Å²) in [5.41, 5.74) is 1.63. The van der Waals surface area contributed by atoms with E-state index in [-0.39, 0.29) is 28.9 Å². The van der Waals surface area contributed by atoms with Crippen molar-refractivity contribution in [2.45, 2.75) is 43.6 Å². The monoisotopic (exact) mass is 315 g/mol. The van der Waals surface area contributed by atoms with Crippen molar-refractivity contribution >= 4 is 12.2 Å². The highest BCUT2D eigenvalue weighted by Crippen LogP contribution is 2.57. The largest absolute Gasteiger partial charge is 0.507 e. The Balaban J connectivity index is 1.92. The summed E-state index contributed by atoms with van der Waals surface area (Å²) in [6.07, 6.45) is 4.27. The van der Waals surface area contributed by atoms with Gasteiger partial charge in [0.25, 0.3) is 0 Å². The minimum absolute atomic E-state index is 0.119. The fraction of sp³-hybridized carbons (Fsp3) is 0.556. The molecule has 1 aromatic carbocycles. The van der Waals surface area contributed by atoms with Crippen molar-refractivity contribution < 1.29 is 19.4 Å². The first kappa shape index (κ1) is 14.5. The zero-order valence-corrected chi connectivity index (χ0v) is 13.2. The third kappa shape index (κ3) is 1.92. The number of aromatic hydroxyl groups is 1. The van der Waals surface area contributed by atoms with E-state index in [9.17, 15) is 14.7 Å². The van der Waals surface area contributed by atoms with Crippen LogP contribution in [0.3, 0.4) is 0 Å². The van der Waals surface area contributed by atoms with Crippen LogP contribution in [0.4, 0.5) is 0 Å². The molecule has 1 aliphatic heterocycles. The Bertz CT molecular complexity index is 686. The van der Waals surface area contributed by atoms with E-state index in [2.05, 4.69) is 0 Å². The molecule has 2 aliphatic carbocycles. The first-order valence-electron chi connectivity index (χ1n) is 8.22. The molecule has 3 atom stereocenters. The van der Waals surface area contributed by atoms with Crippen LogP contribution in [0.2, 0.25) is 0 Å². The molecule has 1 saturated heterocycles. The number of hydrogen-bond acceptors (Lipinski definition) is 4. The highest BCUT2D eigenvalue weighted by Gasteiger charge is 2.56. The van der Waals surface area contributed by atoms with Gasteiger partial charge < -0.3 is 14.7 Å². The number of carbonyl (C=O) groups excluding carboxylic acids is 2. The number of fused-ring (bicyclic) bond motifs is 1. The first-order valence-corrected chi connectivity index (χ1v) is 8.22. The van der Waals surface area contributed by atoms with Crippen molar-refractivity contribution in [2.75, 3.05) is 13.7 Å². The molecule has 1 aromatic rings. The summed E-state index contributed by atoms with van der Waals surface area (Å²) in [6.45, 7) is 0.656. The Morgan fingerprint density at radius 1 is 1.43 bits per heavy atom. The second kappa shape index (κ2) is 4.98. The number of rotatable bonds is 2. The number of benzene rings is 1. The fourth-order valence-electron chi connectivity index (χ4n) is 5.25. The topological polar surface area (TPSA) is 66.8 Å². The maximum Gasteiger partial charge on any atom is 0.209 e. The lowest BCUT2D eigenvalue weighted by Gasteiger charge is -2.57. The van der Waals surface area contributed by atoms with Crippen LogP contribution in [0.1, 0.15) is 36.8 Å². The van der Waals surface area contributed by atoms with Gasteiger partial charge in [-0.1, -0.05) is 0 Å². The Hall–Kier alpha value is -2.04. The van der Waals surface area contributed by atoms with E-state index in [1.54, 1.807) is 13.2 Å². The first-order chi connectivity index (χ1) is 11.1. The molecule has 3 unspecified atom stereocenters. The van der Waals surface area contributed by atoms with Crippen molar-refractivity contribution in [2.24, 2.45) is 5.92 Å². The van der Waals surface area contributed by atoms with E-state index >= 15 is 0 Å². The second-order valence-electron chi connectivity index (χ2n) is 7.06. The van der Waals surface area contributed by atoms with Crippen LogP contribution in [0, 0.1) is 5.92 Å². The van der Waals surface area contributed by atoms with Gasteiger partial charge in [-0.25, -0.2) is 0 Å². The van der Waals surface area contributed by atoms with Crippen LogP contribution >= 0.6 is 0 Å². The Labute approximate surface area is 135 Å². The molecule has 0 aromatic heterocycles. The lowest BCUT2D eigenvalue weighted by Crippen LogP contribution is -2.61. The van der Waals surface area contributed by atoms with Gasteiger partial charge in [0.1, 0.15) is 17.3 Å². The molecule has 4 rings (SSSR count). The number of ketones is 1. The zero-order chi connectivity index (χ0) is 16.2. The van der Waals surface area contributed by atoms with Crippen molar-refractivity contribution in [3.63, 3.8) is 0 Å². The SMILES string of the molecule is COc1cc(O)c2c(c1)CC1C3CCC(=O)CC23CCN1C=O. The van der Waals surface area contributed by atoms with Crippen LogP contribution in [0.25, 0.3) is 0 Å². The van der Waals surface area contributed by atoms with Gasteiger partial charge >= 0.3 is 0 Å². The van der Waals surface area contributed by atoms with E-state index in [4.69, 9.17) is 4.74 Å². The molecule has 1 saturated carbocycles. The van der Waals surface area contributed by atoms with Gasteiger partial charge in [-0.05, 0) is 36.8 Å². The van der Waals surface area contributed by atoms with E-state index in [1.165, 1.54) is 0 Å². The molecule has 5 heteroatoms. The summed E-state index contributed by atoms with van der Waals surface area (Å²) in [5, 5.41) is 10.6. The van der Waals surface area contributed by atoms with Gasteiger partial charge in [0, 0.05) is 42.5 Å². The number of phenols is 1. The molecule has 122 valence electrons. The predicted octanol–water partition coefficient (Wildman–Crippen LogP) is 1.79. The molecule has 2 bridgehead atoms. The molecule has 0 spiro atoms. The summed E-state index contributed by atoms with van der Waals surface area (Å²) >= 11 is 0. The number of likely N-dealkylation sites (tertiary alicyclic amines) is 1. The van der Waals surface area contributed by atoms with Gasteiger partial charge in [0.2, 0.25) is 6.41 Å². The summed E-state index contributed by atoms with van der Waals surface area (Å²) in [4.78, 5) is 25.6. The Morgan fingerprint density at radius 3 is 3.00 bits per heavy atom. The molecule has 23 heavy (non-hydrogen) atoms. The van der Waals surface area contributed by atoms with Crippen LogP contribution in [-0.4, -0.2) is 41.9 Å². The number of piperidine rings is 1. The number of nitrogens with zero attached hydrogens (tertiary/aromatic N) is 1. The normalized spacial score (nSPS) is 32.0. The molecular weight excluding hydrogens is 294 g/mol. The molecule has 5 nitrogen and oxygen atoms in total. The van der Waals surface area contributed by atoms with Crippen molar-refractivity contribution in [1.29, 1.82) is 0 Å². The maximum atomic E-state index is 12.2. The third-order valence-corrected chi connectivity index (χ3v) is 6.13. The highest BCUT2D eigenvalue weighted by atomic mass is 16.5. The summed E-state index contributed by atoms with van der Waals surface area (Å²) < 4.78 is 5.28. The zero-order valence-electron chi connectivity index (χ0n) is 13.2.